The molecule has 8 nitrogen and oxygen atoms in total. The Morgan fingerprint density at radius 1 is 1.29 bits per heavy atom. The number of ether oxygens (including phenoxy) is 1. The van der Waals surface area contributed by atoms with Gasteiger partial charge in [-0.2, -0.15) is 10.3 Å². The Kier molecular flexibility index (Phi) is 4.04. The number of nitrogens with zero attached hydrogens (tertiary/aromatic N) is 6. The molecule has 1 atom stereocenters. The van der Waals surface area contributed by atoms with Crippen LogP contribution in [0.3, 0.4) is 0 Å². The number of aryl methyl sites for hydroxylation is 1. The smallest absolute Gasteiger partial charge is 0.205 e. The number of nitrogens with one attached hydrogen (secondary N) is 1. The van der Waals surface area contributed by atoms with Crippen molar-refractivity contribution in [3.63, 3.8) is 0 Å². The molecule has 0 bridgehead atoms. The van der Waals surface area contributed by atoms with Gasteiger partial charge in [-0.15, -0.1) is 10.2 Å². The normalized spacial score (nSPS) is 17.5. The number of benzene rings is 1. The third kappa shape index (κ3) is 2.69. The molecule has 1 aliphatic heterocycles. The molecule has 2 aromatic heterocycles. The second-order valence-corrected chi connectivity index (χ2v) is 5.86. The zero-order valence-electron chi connectivity index (χ0n) is 13.5. The minimum Gasteiger partial charge on any atom is -0.381 e. The Bertz CT molecular complexity index is 806. The number of hydrogen-bond acceptors (Lipinski definition) is 6. The van der Waals surface area contributed by atoms with Crippen molar-refractivity contribution >= 4 is 0 Å². The van der Waals surface area contributed by atoms with Crippen molar-refractivity contribution in [1.82, 2.24) is 35.4 Å². The van der Waals surface area contributed by atoms with Crippen LogP contribution >= 0.6 is 0 Å². The minimum atomic E-state index is 0.277. The van der Waals surface area contributed by atoms with Gasteiger partial charge >= 0.3 is 0 Å². The molecule has 1 N–H and O–H groups in total. The summed E-state index contributed by atoms with van der Waals surface area (Å²) in [5.41, 5.74) is 1.86. The molecule has 0 saturated carbocycles. The molecule has 0 aliphatic carbocycles. The fourth-order valence-electron chi connectivity index (χ4n) is 2.99. The Morgan fingerprint density at radius 2 is 2.17 bits per heavy atom. The first-order chi connectivity index (χ1) is 11.9. The van der Waals surface area contributed by atoms with Crippen LogP contribution in [-0.2, 0) is 11.3 Å². The molecular weight excluding hydrogens is 306 g/mol. The van der Waals surface area contributed by atoms with Crippen LogP contribution in [0.4, 0.5) is 0 Å². The Morgan fingerprint density at radius 3 is 2.88 bits per heavy atom. The van der Waals surface area contributed by atoms with Gasteiger partial charge in [0.05, 0.1) is 6.61 Å². The van der Waals surface area contributed by atoms with Crippen LogP contribution in [-0.4, -0.2) is 48.6 Å². The molecule has 24 heavy (non-hydrogen) atoms. The van der Waals surface area contributed by atoms with Crippen molar-refractivity contribution in [2.45, 2.75) is 32.2 Å². The van der Waals surface area contributed by atoms with Gasteiger partial charge in [-0.3, -0.25) is 0 Å². The maximum absolute atomic E-state index is 5.49. The second-order valence-electron chi connectivity index (χ2n) is 5.86. The summed E-state index contributed by atoms with van der Waals surface area (Å²) in [6.07, 6.45) is 1.96. The van der Waals surface area contributed by atoms with Crippen molar-refractivity contribution in [1.29, 1.82) is 0 Å². The van der Waals surface area contributed by atoms with Crippen molar-refractivity contribution in [2.75, 3.05) is 13.2 Å². The molecule has 124 valence electrons. The molecule has 1 saturated heterocycles. The van der Waals surface area contributed by atoms with Crippen LogP contribution in [0.25, 0.3) is 22.8 Å². The lowest BCUT2D eigenvalue weighted by atomic mass is 10.1. The fourth-order valence-corrected chi connectivity index (χ4v) is 2.99. The van der Waals surface area contributed by atoms with Crippen LogP contribution in [0, 0.1) is 0 Å². The summed E-state index contributed by atoms with van der Waals surface area (Å²) in [6, 6.07) is 7.95. The highest BCUT2D eigenvalue weighted by Gasteiger charge is 2.25. The Balaban J connectivity index is 1.81. The van der Waals surface area contributed by atoms with Crippen LogP contribution in [0.15, 0.2) is 24.3 Å². The predicted molar refractivity (Wildman–Crippen MR) is 87.1 cm³/mol. The average molecular weight is 325 g/mol. The van der Waals surface area contributed by atoms with E-state index in [1.165, 1.54) is 0 Å². The summed E-state index contributed by atoms with van der Waals surface area (Å²) in [5.74, 6) is 2.54. The fraction of sp³-hybridized carbons (Fsp3) is 0.438. The van der Waals surface area contributed by atoms with Crippen molar-refractivity contribution < 1.29 is 4.74 Å². The van der Waals surface area contributed by atoms with Gasteiger partial charge in [0.1, 0.15) is 0 Å². The zero-order valence-corrected chi connectivity index (χ0v) is 13.5. The van der Waals surface area contributed by atoms with Crippen molar-refractivity contribution in [3.05, 3.63) is 30.1 Å². The lowest BCUT2D eigenvalue weighted by Crippen LogP contribution is -2.04. The first-order valence-corrected chi connectivity index (χ1v) is 8.22. The van der Waals surface area contributed by atoms with E-state index in [1.54, 1.807) is 0 Å². The molecule has 1 unspecified atom stereocenters. The number of H-pyrrole nitrogens is 1. The van der Waals surface area contributed by atoms with Crippen molar-refractivity contribution in [2.24, 2.45) is 0 Å². The zero-order chi connectivity index (χ0) is 16.4. The second kappa shape index (κ2) is 6.48. The number of aromatic nitrogens is 7. The molecule has 3 aromatic rings. The molecule has 1 aliphatic rings. The Labute approximate surface area is 139 Å². The number of hydrogen-bond donors (Lipinski definition) is 1. The molecule has 1 fully saturated rings. The van der Waals surface area contributed by atoms with Gasteiger partial charge in [-0.1, -0.05) is 31.2 Å². The number of rotatable bonds is 5. The minimum absolute atomic E-state index is 0.277. The number of tetrazole rings is 1. The SMILES string of the molecule is CCCn1nc(C2CCOC2)nc1-c1ccccc1-c1nn[nH]n1. The van der Waals surface area contributed by atoms with Gasteiger partial charge in [0.15, 0.2) is 11.6 Å². The first kappa shape index (κ1) is 14.9. The maximum Gasteiger partial charge on any atom is 0.205 e. The van der Waals surface area contributed by atoms with Gasteiger partial charge in [0.25, 0.3) is 0 Å². The summed E-state index contributed by atoms with van der Waals surface area (Å²) in [6.45, 7) is 4.43. The van der Waals surface area contributed by atoms with E-state index in [9.17, 15) is 0 Å². The maximum atomic E-state index is 5.49. The van der Waals surface area contributed by atoms with E-state index in [4.69, 9.17) is 14.8 Å². The van der Waals surface area contributed by atoms with Gasteiger partial charge in [-0.05, 0) is 18.1 Å². The lowest BCUT2D eigenvalue weighted by Gasteiger charge is -2.07. The molecule has 0 radical (unpaired) electrons. The highest BCUT2D eigenvalue weighted by molar-refractivity contribution is 5.76. The van der Waals surface area contributed by atoms with E-state index in [2.05, 4.69) is 27.5 Å². The summed E-state index contributed by atoms with van der Waals surface area (Å²) in [4.78, 5) is 4.84. The molecule has 1 aromatic carbocycles. The van der Waals surface area contributed by atoms with E-state index in [-0.39, 0.29) is 5.92 Å². The van der Waals surface area contributed by atoms with E-state index >= 15 is 0 Å². The summed E-state index contributed by atoms with van der Waals surface area (Å²) < 4.78 is 7.47. The quantitative estimate of drug-likeness (QED) is 0.771. The molecule has 3 heterocycles. The average Bonchev–Trinajstić information content (AvgIpc) is 3.36. The van der Waals surface area contributed by atoms with Gasteiger partial charge in [0.2, 0.25) is 5.82 Å². The largest absolute Gasteiger partial charge is 0.381 e. The summed E-state index contributed by atoms with van der Waals surface area (Å²) in [7, 11) is 0. The topological polar surface area (TPSA) is 94.4 Å². The van der Waals surface area contributed by atoms with E-state index < -0.39 is 0 Å². The third-order valence-electron chi connectivity index (χ3n) is 4.17. The highest BCUT2D eigenvalue weighted by atomic mass is 16.5. The lowest BCUT2D eigenvalue weighted by molar-refractivity contribution is 0.193. The van der Waals surface area contributed by atoms with Crippen LogP contribution < -0.4 is 0 Å². The summed E-state index contributed by atoms with van der Waals surface area (Å²) >= 11 is 0. The van der Waals surface area contributed by atoms with Gasteiger partial charge in [0, 0.05) is 30.2 Å². The first-order valence-electron chi connectivity index (χ1n) is 8.22. The van der Waals surface area contributed by atoms with Crippen LogP contribution in [0.5, 0.6) is 0 Å². The summed E-state index contributed by atoms with van der Waals surface area (Å²) in [5, 5.41) is 19.1. The van der Waals surface area contributed by atoms with E-state index in [1.807, 2.05) is 28.9 Å². The van der Waals surface area contributed by atoms with E-state index in [0.29, 0.717) is 12.4 Å². The molecule has 0 amide bonds. The molecular formula is C16H19N7O. The number of aromatic amines is 1. The highest BCUT2D eigenvalue weighted by Crippen LogP contribution is 2.31. The predicted octanol–water partition coefficient (Wildman–Crippen LogP) is 2.04. The molecule has 8 heteroatoms. The van der Waals surface area contributed by atoms with Gasteiger partial charge < -0.3 is 4.74 Å². The Hall–Kier alpha value is -2.61. The van der Waals surface area contributed by atoms with Crippen LogP contribution in [0.1, 0.15) is 31.5 Å². The monoisotopic (exact) mass is 325 g/mol. The van der Waals surface area contributed by atoms with Crippen LogP contribution in [0.2, 0.25) is 0 Å². The standard InChI is InChI=1S/C16H19N7O/c1-2-8-23-16(17-14(20-23)11-7-9-24-10-11)13-6-4-3-5-12(13)15-18-21-22-19-15/h3-6,11H,2,7-10H2,1H3,(H,18,19,21,22). The van der Waals surface area contributed by atoms with Crippen molar-refractivity contribution in [3.8, 4) is 22.8 Å². The van der Waals surface area contributed by atoms with Gasteiger partial charge in [-0.25, -0.2) is 9.67 Å². The molecule has 0 spiro atoms. The molecule has 4 rings (SSSR count). The third-order valence-corrected chi connectivity index (χ3v) is 4.17. The van der Waals surface area contributed by atoms with E-state index in [0.717, 1.165) is 48.8 Å².